The van der Waals surface area contributed by atoms with Crippen molar-refractivity contribution >= 4 is 0 Å². The van der Waals surface area contributed by atoms with E-state index < -0.39 is 0 Å². The van der Waals surface area contributed by atoms with E-state index in [1.54, 1.807) is 7.11 Å². The highest BCUT2D eigenvalue weighted by Gasteiger charge is 1.90. The Balaban J connectivity index is 0.000000184. The molecular weight excluding hydrogens is 220 g/mol. The predicted octanol–water partition coefficient (Wildman–Crippen LogP) is 4.51. The quantitative estimate of drug-likeness (QED) is 0.769. The first-order valence-corrected chi connectivity index (χ1v) is 6.47. The first-order valence-electron chi connectivity index (χ1n) is 6.47. The van der Waals surface area contributed by atoms with E-state index >= 15 is 0 Å². The predicted molar refractivity (Wildman–Crippen MR) is 78.2 cm³/mol. The van der Waals surface area contributed by atoms with Crippen molar-refractivity contribution in [1.29, 1.82) is 0 Å². The highest BCUT2D eigenvalue weighted by atomic mass is 16.5. The lowest BCUT2D eigenvalue weighted by atomic mass is 10.2. The van der Waals surface area contributed by atoms with Crippen LogP contribution in [0.25, 0.3) is 0 Å². The summed E-state index contributed by atoms with van der Waals surface area (Å²) in [7, 11) is 1.69. The van der Waals surface area contributed by atoms with Gasteiger partial charge in [0.2, 0.25) is 0 Å². The zero-order chi connectivity index (χ0) is 13.2. The Labute approximate surface area is 110 Å². The maximum atomic E-state index is 5.06. The molecule has 0 heterocycles. The van der Waals surface area contributed by atoms with Crippen LogP contribution < -0.4 is 4.74 Å². The first-order chi connectivity index (χ1) is 8.80. The van der Waals surface area contributed by atoms with Crippen molar-refractivity contribution < 1.29 is 4.74 Å². The third-order valence-electron chi connectivity index (χ3n) is 2.79. The normalized spacial score (nSPS) is 9.28. The number of rotatable bonds is 3. The number of benzene rings is 2. The van der Waals surface area contributed by atoms with Crippen LogP contribution in [0, 0.1) is 0 Å². The van der Waals surface area contributed by atoms with Gasteiger partial charge >= 0.3 is 0 Å². The molecule has 96 valence electrons. The van der Waals surface area contributed by atoms with Crippen molar-refractivity contribution in [2.24, 2.45) is 0 Å². The van der Waals surface area contributed by atoms with E-state index in [0.29, 0.717) is 0 Å². The molecule has 0 saturated heterocycles. The summed E-state index contributed by atoms with van der Waals surface area (Å²) in [5.74, 6) is 0.944. The Kier molecular flexibility index (Phi) is 6.63. The van der Waals surface area contributed by atoms with Gasteiger partial charge in [0.05, 0.1) is 7.11 Å². The average molecular weight is 242 g/mol. The van der Waals surface area contributed by atoms with E-state index in [1.165, 1.54) is 11.1 Å². The van der Waals surface area contributed by atoms with E-state index in [9.17, 15) is 0 Å². The van der Waals surface area contributed by atoms with Crippen molar-refractivity contribution in [2.75, 3.05) is 7.11 Å². The molecule has 0 aliphatic carbocycles. The van der Waals surface area contributed by atoms with E-state index in [1.807, 2.05) is 18.2 Å². The van der Waals surface area contributed by atoms with Crippen LogP contribution in [0.15, 0.2) is 54.6 Å². The Morgan fingerprint density at radius 3 is 1.89 bits per heavy atom. The number of hydrogen-bond acceptors (Lipinski definition) is 1. The van der Waals surface area contributed by atoms with E-state index in [4.69, 9.17) is 4.74 Å². The second kappa shape index (κ2) is 8.35. The van der Waals surface area contributed by atoms with E-state index in [0.717, 1.165) is 18.6 Å². The fraction of sp³-hybridized carbons (Fsp3) is 0.294. The second-order valence-corrected chi connectivity index (χ2v) is 4.04. The minimum Gasteiger partial charge on any atom is -0.497 e. The number of aryl methyl sites for hydroxylation is 2. The molecule has 2 aromatic carbocycles. The largest absolute Gasteiger partial charge is 0.497 e. The molecule has 0 unspecified atom stereocenters. The van der Waals surface area contributed by atoms with Crippen LogP contribution in [-0.2, 0) is 12.8 Å². The molecule has 0 bridgehead atoms. The summed E-state index contributed by atoms with van der Waals surface area (Å²) in [4.78, 5) is 0. The van der Waals surface area contributed by atoms with Gasteiger partial charge in [-0.15, -0.1) is 0 Å². The highest BCUT2D eigenvalue weighted by Crippen LogP contribution is 2.12. The number of hydrogen-bond donors (Lipinski definition) is 0. The third kappa shape index (κ3) is 5.05. The summed E-state index contributed by atoms with van der Waals surface area (Å²) in [5.41, 5.74) is 2.73. The lowest BCUT2D eigenvalue weighted by molar-refractivity contribution is 0.414. The van der Waals surface area contributed by atoms with Gasteiger partial charge in [-0.3, -0.25) is 0 Å². The minimum atomic E-state index is 0.944. The lowest BCUT2D eigenvalue weighted by Gasteiger charge is -2.00. The fourth-order valence-electron chi connectivity index (χ4n) is 1.61. The standard InChI is InChI=1S/C9H12O.C8H10/c1-3-8-5-4-6-9(7-8)10-2;1-2-8-6-4-3-5-7-8/h4-7H,3H2,1-2H3;3-7H,2H2,1H3. The molecule has 2 aromatic rings. The van der Waals surface area contributed by atoms with Crippen LogP contribution in [0.3, 0.4) is 0 Å². The molecular formula is C17H22O. The molecule has 0 amide bonds. The molecule has 18 heavy (non-hydrogen) atoms. The Morgan fingerprint density at radius 1 is 0.778 bits per heavy atom. The van der Waals surface area contributed by atoms with E-state index in [2.05, 4.69) is 50.2 Å². The van der Waals surface area contributed by atoms with Gasteiger partial charge in [0.15, 0.2) is 0 Å². The summed E-state index contributed by atoms with van der Waals surface area (Å²) in [5, 5.41) is 0. The zero-order valence-corrected chi connectivity index (χ0v) is 11.5. The smallest absolute Gasteiger partial charge is 0.119 e. The van der Waals surface area contributed by atoms with Gasteiger partial charge < -0.3 is 4.74 Å². The molecule has 0 saturated carbocycles. The molecule has 0 radical (unpaired) electrons. The van der Waals surface area contributed by atoms with Crippen molar-refractivity contribution in [3.8, 4) is 5.75 Å². The van der Waals surface area contributed by atoms with Gasteiger partial charge in [-0.05, 0) is 36.1 Å². The van der Waals surface area contributed by atoms with Gasteiger partial charge in [-0.2, -0.15) is 0 Å². The van der Waals surface area contributed by atoms with Crippen LogP contribution in [0.4, 0.5) is 0 Å². The summed E-state index contributed by atoms with van der Waals surface area (Å²) < 4.78 is 5.06. The molecule has 1 nitrogen and oxygen atoms in total. The highest BCUT2D eigenvalue weighted by molar-refractivity contribution is 5.28. The number of ether oxygens (including phenoxy) is 1. The topological polar surface area (TPSA) is 9.23 Å². The summed E-state index contributed by atoms with van der Waals surface area (Å²) in [6.07, 6.45) is 2.21. The first kappa shape index (κ1) is 14.3. The van der Waals surface area contributed by atoms with Crippen LogP contribution in [0.1, 0.15) is 25.0 Å². The minimum absolute atomic E-state index is 0.944. The monoisotopic (exact) mass is 242 g/mol. The molecule has 0 spiro atoms. The second-order valence-electron chi connectivity index (χ2n) is 4.04. The Hall–Kier alpha value is -1.76. The molecule has 0 N–H and O–H groups in total. The van der Waals surface area contributed by atoms with Gasteiger partial charge in [0, 0.05) is 0 Å². The average Bonchev–Trinajstić information content (AvgIpc) is 2.48. The SMILES string of the molecule is CCc1cccc(OC)c1.CCc1ccccc1. The van der Waals surface area contributed by atoms with Crippen LogP contribution in [-0.4, -0.2) is 7.11 Å². The molecule has 0 aromatic heterocycles. The Morgan fingerprint density at radius 2 is 1.39 bits per heavy atom. The van der Waals surface area contributed by atoms with Gasteiger partial charge in [0.1, 0.15) is 5.75 Å². The van der Waals surface area contributed by atoms with Crippen molar-refractivity contribution in [2.45, 2.75) is 26.7 Å². The number of methoxy groups -OCH3 is 1. The summed E-state index contributed by atoms with van der Waals surface area (Å²) in [6, 6.07) is 18.6. The van der Waals surface area contributed by atoms with Gasteiger partial charge in [-0.25, -0.2) is 0 Å². The van der Waals surface area contributed by atoms with Gasteiger partial charge in [-0.1, -0.05) is 56.3 Å². The molecule has 2 rings (SSSR count). The lowest BCUT2D eigenvalue weighted by Crippen LogP contribution is -1.84. The molecule has 0 aliphatic heterocycles. The van der Waals surface area contributed by atoms with Crippen LogP contribution in [0.2, 0.25) is 0 Å². The molecule has 0 aliphatic rings. The Bertz CT molecular complexity index is 415. The van der Waals surface area contributed by atoms with Crippen LogP contribution >= 0.6 is 0 Å². The molecule has 0 atom stereocenters. The molecule has 1 heteroatoms. The molecule has 0 fully saturated rings. The third-order valence-corrected chi connectivity index (χ3v) is 2.79. The van der Waals surface area contributed by atoms with Crippen molar-refractivity contribution in [1.82, 2.24) is 0 Å². The maximum Gasteiger partial charge on any atom is 0.119 e. The van der Waals surface area contributed by atoms with Crippen molar-refractivity contribution in [3.63, 3.8) is 0 Å². The maximum absolute atomic E-state index is 5.06. The van der Waals surface area contributed by atoms with Crippen LogP contribution in [0.5, 0.6) is 5.75 Å². The van der Waals surface area contributed by atoms with Gasteiger partial charge in [0.25, 0.3) is 0 Å². The zero-order valence-electron chi connectivity index (χ0n) is 11.5. The summed E-state index contributed by atoms with van der Waals surface area (Å²) in [6.45, 7) is 4.30. The van der Waals surface area contributed by atoms with Crippen molar-refractivity contribution in [3.05, 3.63) is 65.7 Å². The van der Waals surface area contributed by atoms with E-state index in [-0.39, 0.29) is 0 Å². The fourth-order valence-corrected chi connectivity index (χ4v) is 1.61. The summed E-state index contributed by atoms with van der Waals surface area (Å²) >= 11 is 0.